The van der Waals surface area contributed by atoms with E-state index >= 15 is 0 Å². The molecule has 0 bridgehead atoms. The van der Waals surface area contributed by atoms with Gasteiger partial charge >= 0.3 is 0 Å². The third-order valence-electron chi connectivity index (χ3n) is 3.65. The maximum absolute atomic E-state index is 12.2. The Kier molecular flexibility index (Phi) is 7.62. The summed E-state index contributed by atoms with van der Waals surface area (Å²) in [6.45, 7) is 3.91. The number of para-hydroxylation sites is 1. The van der Waals surface area contributed by atoms with Gasteiger partial charge < -0.3 is 14.8 Å². The molecule has 2 aromatic rings. The minimum absolute atomic E-state index is 0.0272. The summed E-state index contributed by atoms with van der Waals surface area (Å²) in [5.41, 5.74) is 2.25. The van der Waals surface area contributed by atoms with Crippen LogP contribution in [-0.4, -0.2) is 19.1 Å². The number of hydrogen-bond donors (Lipinski definition) is 1. The molecule has 6 nitrogen and oxygen atoms in total. The van der Waals surface area contributed by atoms with E-state index in [-0.39, 0.29) is 18.1 Å². The molecule has 0 heterocycles. The molecule has 0 aliphatic rings. The monoisotopic (exact) mass is 439 g/mol. The zero-order valence-electron chi connectivity index (χ0n) is 15.5. The lowest BCUT2D eigenvalue weighted by Crippen LogP contribution is -2.21. The maximum atomic E-state index is 12.2. The minimum atomic E-state index is -0.302. The first-order valence-electron chi connectivity index (χ1n) is 8.45. The quantitative estimate of drug-likeness (QED) is 0.635. The van der Waals surface area contributed by atoms with Crippen LogP contribution >= 0.6 is 15.9 Å². The van der Waals surface area contributed by atoms with Crippen LogP contribution in [0.2, 0.25) is 0 Å². The second kappa shape index (κ2) is 10.1. The van der Waals surface area contributed by atoms with E-state index < -0.39 is 0 Å². The molecule has 28 heavy (non-hydrogen) atoms. The van der Waals surface area contributed by atoms with Crippen LogP contribution in [0.15, 0.2) is 46.4 Å². The van der Waals surface area contributed by atoms with Crippen molar-refractivity contribution in [1.29, 1.82) is 10.5 Å². The van der Waals surface area contributed by atoms with E-state index in [1.807, 2.05) is 50.3 Å². The molecule has 0 radical (unpaired) electrons. The minimum Gasteiger partial charge on any atom is -0.490 e. The van der Waals surface area contributed by atoms with E-state index in [1.54, 1.807) is 12.1 Å². The number of allylic oxidation sites excluding steroid dienone is 1. The largest absolute Gasteiger partial charge is 0.490 e. The summed E-state index contributed by atoms with van der Waals surface area (Å²) in [6, 6.07) is 14.4. The summed E-state index contributed by atoms with van der Waals surface area (Å²) >= 11 is 3.40. The van der Waals surface area contributed by atoms with Crippen molar-refractivity contribution in [2.45, 2.75) is 13.8 Å². The van der Waals surface area contributed by atoms with E-state index in [9.17, 15) is 4.79 Å². The first-order chi connectivity index (χ1) is 13.5. The van der Waals surface area contributed by atoms with Gasteiger partial charge in [0.15, 0.2) is 18.1 Å². The molecular formula is C21H18BrN3O3. The first kappa shape index (κ1) is 21.0. The number of rotatable bonds is 7. The number of aryl methyl sites for hydroxylation is 1. The number of anilines is 1. The summed E-state index contributed by atoms with van der Waals surface area (Å²) in [5, 5.41) is 20.6. The van der Waals surface area contributed by atoms with Gasteiger partial charge in [-0.2, -0.15) is 10.5 Å². The van der Waals surface area contributed by atoms with Crippen molar-refractivity contribution in [3.63, 3.8) is 0 Å². The molecule has 0 atom stereocenters. The van der Waals surface area contributed by atoms with Gasteiger partial charge in [0, 0.05) is 5.69 Å². The van der Waals surface area contributed by atoms with Crippen LogP contribution in [0.1, 0.15) is 18.1 Å². The molecule has 7 heteroatoms. The van der Waals surface area contributed by atoms with Crippen LogP contribution in [0.5, 0.6) is 11.5 Å². The molecule has 2 rings (SSSR count). The fraction of sp³-hybridized carbons (Fsp3) is 0.190. The first-order valence-corrected chi connectivity index (χ1v) is 9.24. The predicted octanol–water partition coefficient (Wildman–Crippen LogP) is 4.60. The van der Waals surface area contributed by atoms with Crippen LogP contribution in [0.25, 0.3) is 6.08 Å². The Morgan fingerprint density at radius 2 is 1.93 bits per heavy atom. The summed E-state index contributed by atoms with van der Waals surface area (Å²) in [5.74, 6) is 0.473. The van der Waals surface area contributed by atoms with Gasteiger partial charge in [0.1, 0.15) is 17.7 Å². The van der Waals surface area contributed by atoms with Crippen LogP contribution < -0.4 is 14.8 Å². The number of halogens is 1. The number of amides is 1. The molecule has 0 saturated carbocycles. The standard InChI is InChI=1S/C21H18BrN3O3/c1-3-27-19-10-15(8-16(11-23)12-24)9-17(22)21(19)28-13-20(26)25-18-7-5-4-6-14(18)2/h4-10H,3,13H2,1-2H3,(H,25,26). The Hall–Kier alpha value is -3.29. The van der Waals surface area contributed by atoms with Gasteiger partial charge in [0.2, 0.25) is 0 Å². The van der Waals surface area contributed by atoms with Crippen molar-refractivity contribution in [2.24, 2.45) is 0 Å². The van der Waals surface area contributed by atoms with E-state index in [1.165, 1.54) is 6.08 Å². The van der Waals surface area contributed by atoms with E-state index in [4.69, 9.17) is 20.0 Å². The number of hydrogen-bond acceptors (Lipinski definition) is 5. The second-order valence-electron chi connectivity index (χ2n) is 5.70. The van der Waals surface area contributed by atoms with E-state index in [0.29, 0.717) is 28.1 Å². The highest BCUT2D eigenvalue weighted by Crippen LogP contribution is 2.37. The van der Waals surface area contributed by atoms with Crippen LogP contribution in [0.3, 0.4) is 0 Å². The molecule has 1 N–H and O–H groups in total. The highest BCUT2D eigenvalue weighted by atomic mass is 79.9. The molecule has 2 aromatic carbocycles. The number of nitriles is 2. The normalized spacial score (nSPS) is 9.61. The highest BCUT2D eigenvalue weighted by Gasteiger charge is 2.14. The maximum Gasteiger partial charge on any atom is 0.262 e. The lowest BCUT2D eigenvalue weighted by Gasteiger charge is -2.15. The number of carbonyl (C=O) groups excluding carboxylic acids is 1. The smallest absolute Gasteiger partial charge is 0.262 e. The SMILES string of the molecule is CCOc1cc(C=C(C#N)C#N)cc(Br)c1OCC(=O)Nc1ccccc1C. The summed E-state index contributed by atoms with van der Waals surface area (Å²) in [7, 11) is 0. The number of nitrogens with zero attached hydrogens (tertiary/aromatic N) is 2. The van der Waals surface area contributed by atoms with Crippen molar-refractivity contribution in [1.82, 2.24) is 0 Å². The lowest BCUT2D eigenvalue weighted by atomic mass is 10.1. The third-order valence-corrected chi connectivity index (χ3v) is 4.24. The average molecular weight is 440 g/mol. The molecule has 0 fully saturated rings. The van der Waals surface area contributed by atoms with Gasteiger partial charge in [0.05, 0.1) is 11.1 Å². The molecule has 0 saturated heterocycles. The van der Waals surface area contributed by atoms with Gasteiger partial charge in [-0.05, 0) is 65.2 Å². The average Bonchev–Trinajstić information content (AvgIpc) is 2.67. The van der Waals surface area contributed by atoms with Gasteiger partial charge in [-0.25, -0.2) is 0 Å². The Morgan fingerprint density at radius 3 is 2.57 bits per heavy atom. The molecule has 0 aliphatic heterocycles. The zero-order valence-corrected chi connectivity index (χ0v) is 17.0. The molecular weight excluding hydrogens is 422 g/mol. The van der Waals surface area contributed by atoms with Gasteiger partial charge in [-0.15, -0.1) is 0 Å². The zero-order chi connectivity index (χ0) is 20.5. The Labute approximate surface area is 172 Å². The topological polar surface area (TPSA) is 95.1 Å². The second-order valence-corrected chi connectivity index (χ2v) is 6.55. The predicted molar refractivity (Wildman–Crippen MR) is 110 cm³/mol. The molecule has 142 valence electrons. The summed E-state index contributed by atoms with van der Waals surface area (Å²) in [4.78, 5) is 12.2. The van der Waals surface area contributed by atoms with E-state index in [2.05, 4.69) is 21.2 Å². The van der Waals surface area contributed by atoms with Crippen molar-refractivity contribution >= 4 is 33.6 Å². The number of ether oxygens (including phenoxy) is 2. The van der Waals surface area contributed by atoms with Crippen LogP contribution in [0.4, 0.5) is 5.69 Å². The number of benzene rings is 2. The summed E-state index contributed by atoms with van der Waals surface area (Å²) in [6.07, 6.45) is 1.45. The Morgan fingerprint density at radius 1 is 1.21 bits per heavy atom. The number of nitrogens with one attached hydrogen (secondary N) is 1. The van der Waals surface area contributed by atoms with E-state index in [0.717, 1.165) is 11.3 Å². The molecule has 0 spiro atoms. The Bertz CT molecular complexity index is 971. The summed E-state index contributed by atoms with van der Waals surface area (Å²) < 4.78 is 11.8. The van der Waals surface area contributed by atoms with Gasteiger partial charge in [-0.3, -0.25) is 4.79 Å². The fourth-order valence-corrected chi connectivity index (χ4v) is 2.94. The van der Waals surface area contributed by atoms with Crippen molar-refractivity contribution in [2.75, 3.05) is 18.5 Å². The van der Waals surface area contributed by atoms with Crippen molar-refractivity contribution in [3.8, 4) is 23.6 Å². The van der Waals surface area contributed by atoms with Gasteiger partial charge in [-0.1, -0.05) is 18.2 Å². The number of carbonyl (C=O) groups is 1. The fourth-order valence-electron chi connectivity index (χ4n) is 2.37. The van der Waals surface area contributed by atoms with Gasteiger partial charge in [0.25, 0.3) is 5.91 Å². The Balaban J connectivity index is 2.19. The molecule has 1 amide bonds. The molecule has 0 unspecified atom stereocenters. The lowest BCUT2D eigenvalue weighted by molar-refractivity contribution is -0.118. The third kappa shape index (κ3) is 5.60. The van der Waals surface area contributed by atoms with Crippen molar-refractivity contribution < 1.29 is 14.3 Å². The van der Waals surface area contributed by atoms with Crippen molar-refractivity contribution in [3.05, 3.63) is 57.6 Å². The molecule has 0 aromatic heterocycles. The molecule has 0 aliphatic carbocycles. The van der Waals surface area contributed by atoms with Crippen LogP contribution in [0, 0.1) is 29.6 Å². The highest BCUT2D eigenvalue weighted by molar-refractivity contribution is 9.10. The van der Waals surface area contributed by atoms with Crippen LogP contribution in [-0.2, 0) is 4.79 Å².